The first-order valence-electron chi connectivity index (χ1n) is 9.44. The molecule has 2 N–H and O–H groups in total. The summed E-state index contributed by atoms with van der Waals surface area (Å²) in [4.78, 5) is 17.3. The smallest absolute Gasteiger partial charge is 0.287 e. The second-order valence-corrected chi connectivity index (χ2v) is 7.55. The Balaban J connectivity index is 1.65. The van der Waals surface area contributed by atoms with Crippen molar-refractivity contribution in [3.8, 4) is 5.75 Å². The topological polar surface area (TPSA) is 84.6 Å². The van der Waals surface area contributed by atoms with E-state index in [0.717, 1.165) is 22.1 Å². The fourth-order valence-electron chi connectivity index (χ4n) is 3.85. The van der Waals surface area contributed by atoms with Crippen molar-refractivity contribution in [2.45, 2.75) is 38.8 Å². The zero-order valence-corrected chi connectivity index (χ0v) is 16.2. The minimum atomic E-state index is -0.320. The summed E-state index contributed by atoms with van der Waals surface area (Å²) < 4.78 is 11.1. The lowest BCUT2D eigenvalue weighted by Gasteiger charge is -2.38. The van der Waals surface area contributed by atoms with Crippen molar-refractivity contribution in [2.75, 3.05) is 7.11 Å². The van der Waals surface area contributed by atoms with Gasteiger partial charge in [-0.25, -0.2) is 0 Å². The molecular formula is C22H24N2O4. The minimum absolute atomic E-state index is 0.139. The minimum Gasteiger partial charge on any atom is -0.495 e. The lowest BCUT2D eigenvalue weighted by molar-refractivity contribution is 0.0231. The molecular weight excluding hydrogens is 356 g/mol. The number of nitrogens with one attached hydrogen (secondary N) is 1. The summed E-state index contributed by atoms with van der Waals surface area (Å²) in [6.07, 6.45) is 4.32. The van der Waals surface area contributed by atoms with Crippen LogP contribution in [0, 0.1) is 19.8 Å². The van der Waals surface area contributed by atoms with Crippen LogP contribution >= 0.6 is 0 Å². The van der Waals surface area contributed by atoms with Crippen molar-refractivity contribution in [2.24, 2.45) is 5.92 Å². The van der Waals surface area contributed by atoms with Crippen LogP contribution in [0.4, 0.5) is 0 Å². The Kier molecular flexibility index (Phi) is 4.81. The van der Waals surface area contributed by atoms with Gasteiger partial charge < -0.3 is 19.6 Å². The summed E-state index contributed by atoms with van der Waals surface area (Å²) in [7, 11) is 1.58. The molecule has 146 valence electrons. The molecule has 2 aromatic heterocycles. The highest BCUT2D eigenvalue weighted by molar-refractivity contribution is 5.99. The van der Waals surface area contributed by atoms with E-state index in [9.17, 15) is 9.90 Å². The molecule has 0 unspecified atom stereocenters. The number of aryl methyl sites for hydroxylation is 2. The Morgan fingerprint density at radius 1 is 1.29 bits per heavy atom. The number of methoxy groups -OCH3 is 1. The molecule has 6 heteroatoms. The molecule has 1 aromatic carbocycles. The Labute approximate surface area is 163 Å². The SMILES string of the molecule is COc1cncc([C@H](NC(=O)c2oc3ccc(C)cc3c2C)C2CC(O)C2)c1. The van der Waals surface area contributed by atoms with Crippen molar-refractivity contribution < 1.29 is 19.1 Å². The molecule has 1 amide bonds. The van der Waals surface area contributed by atoms with Gasteiger partial charge in [0.2, 0.25) is 0 Å². The molecule has 0 bridgehead atoms. The van der Waals surface area contributed by atoms with Crippen LogP contribution in [0.1, 0.15) is 46.1 Å². The van der Waals surface area contributed by atoms with Gasteiger partial charge in [-0.1, -0.05) is 11.6 Å². The maximum Gasteiger partial charge on any atom is 0.287 e. The molecule has 4 rings (SSSR count). The molecule has 0 spiro atoms. The van der Waals surface area contributed by atoms with E-state index in [2.05, 4.69) is 10.3 Å². The third-order valence-electron chi connectivity index (χ3n) is 5.53. The number of benzene rings is 1. The summed E-state index contributed by atoms with van der Waals surface area (Å²) in [6.45, 7) is 3.91. The van der Waals surface area contributed by atoms with E-state index in [0.29, 0.717) is 29.9 Å². The monoisotopic (exact) mass is 380 g/mol. The average Bonchev–Trinajstić information content (AvgIpc) is 3.00. The number of furan rings is 1. The van der Waals surface area contributed by atoms with Crippen LogP contribution in [-0.4, -0.2) is 29.2 Å². The normalized spacial score (nSPS) is 19.9. The van der Waals surface area contributed by atoms with E-state index >= 15 is 0 Å². The predicted molar refractivity (Wildman–Crippen MR) is 105 cm³/mol. The lowest BCUT2D eigenvalue weighted by Crippen LogP contribution is -2.41. The molecule has 6 nitrogen and oxygen atoms in total. The number of nitrogens with zero attached hydrogens (tertiary/aromatic N) is 1. The predicted octanol–water partition coefficient (Wildman–Crippen LogP) is 3.70. The average molecular weight is 380 g/mol. The van der Waals surface area contributed by atoms with Gasteiger partial charge in [0.15, 0.2) is 5.76 Å². The Bertz CT molecular complexity index is 1020. The van der Waals surface area contributed by atoms with E-state index < -0.39 is 0 Å². The van der Waals surface area contributed by atoms with Gasteiger partial charge in [0.05, 0.1) is 25.5 Å². The van der Waals surface area contributed by atoms with Gasteiger partial charge in [0, 0.05) is 17.1 Å². The third kappa shape index (κ3) is 3.36. The summed E-state index contributed by atoms with van der Waals surface area (Å²) in [5, 5.41) is 13.8. The van der Waals surface area contributed by atoms with Gasteiger partial charge in [0.1, 0.15) is 11.3 Å². The Hall–Kier alpha value is -2.86. The van der Waals surface area contributed by atoms with E-state index in [1.807, 2.05) is 38.1 Å². The van der Waals surface area contributed by atoms with Crippen molar-refractivity contribution in [1.29, 1.82) is 0 Å². The van der Waals surface area contributed by atoms with Gasteiger partial charge in [-0.3, -0.25) is 9.78 Å². The van der Waals surface area contributed by atoms with Crippen LogP contribution in [0.25, 0.3) is 11.0 Å². The number of rotatable bonds is 5. The van der Waals surface area contributed by atoms with Crippen LogP contribution in [0.15, 0.2) is 41.1 Å². The van der Waals surface area contributed by atoms with E-state index in [1.54, 1.807) is 19.5 Å². The molecule has 1 saturated carbocycles. The van der Waals surface area contributed by atoms with Crippen LogP contribution in [0.2, 0.25) is 0 Å². The largest absolute Gasteiger partial charge is 0.495 e. The van der Waals surface area contributed by atoms with E-state index in [4.69, 9.17) is 9.15 Å². The van der Waals surface area contributed by atoms with Crippen molar-refractivity contribution in [3.05, 3.63) is 59.1 Å². The van der Waals surface area contributed by atoms with Gasteiger partial charge in [-0.2, -0.15) is 0 Å². The summed E-state index contributed by atoms with van der Waals surface area (Å²) >= 11 is 0. The first-order chi connectivity index (χ1) is 13.5. The summed E-state index contributed by atoms with van der Waals surface area (Å²) in [5.74, 6) is 0.827. The van der Waals surface area contributed by atoms with Crippen LogP contribution in [0.5, 0.6) is 5.75 Å². The number of ether oxygens (including phenoxy) is 1. The zero-order chi connectivity index (χ0) is 19.8. The number of carbonyl (C=O) groups excluding carboxylic acids is 1. The first kappa shape index (κ1) is 18.5. The molecule has 0 aliphatic heterocycles. The van der Waals surface area contributed by atoms with Gasteiger partial charge >= 0.3 is 0 Å². The first-order valence-corrected chi connectivity index (χ1v) is 9.44. The molecule has 1 aliphatic rings. The molecule has 0 saturated heterocycles. The molecule has 2 heterocycles. The van der Waals surface area contributed by atoms with Crippen molar-refractivity contribution in [3.63, 3.8) is 0 Å². The standard InChI is InChI=1S/C22H24N2O4/c1-12-4-5-19-18(6-12)13(2)21(28-19)22(26)24-20(14-7-16(25)8-14)15-9-17(27-3)11-23-10-15/h4-6,9-11,14,16,20,25H,7-8H2,1-3H3,(H,24,26)/t14?,16?,20-/m1/s1. The second-order valence-electron chi connectivity index (χ2n) is 7.55. The second kappa shape index (κ2) is 7.28. The maximum atomic E-state index is 13.1. The number of aromatic nitrogens is 1. The number of amides is 1. The fourth-order valence-corrected chi connectivity index (χ4v) is 3.85. The highest BCUT2D eigenvalue weighted by Gasteiger charge is 2.36. The Morgan fingerprint density at radius 2 is 2.07 bits per heavy atom. The summed E-state index contributed by atoms with van der Waals surface area (Å²) in [6, 6.07) is 7.48. The van der Waals surface area contributed by atoms with Gasteiger partial charge in [-0.15, -0.1) is 0 Å². The molecule has 3 aromatic rings. The molecule has 1 atom stereocenters. The fraction of sp³-hybridized carbons (Fsp3) is 0.364. The molecule has 1 fully saturated rings. The number of fused-ring (bicyclic) bond motifs is 1. The van der Waals surface area contributed by atoms with Crippen molar-refractivity contribution >= 4 is 16.9 Å². The maximum absolute atomic E-state index is 13.1. The quantitative estimate of drug-likeness (QED) is 0.705. The molecule has 0 radical (unpaired) electrons. The number of aliphatic hydroxyl groups excluding tert-OH is 1. The Morgan fingerprint density at radius 3 is 2.79 bits per heavy atom. The van der Waals surface area contributed by atoms with Gasteiger partial charge in [-0.05, 0) is 56.4 Å². The highest BCUT2D eigenvalue weighted by Crippen LogP contribution is 2.39. The number of hydrogen-bond donors (Lipinski definition) is 2. The van der Waals surface area contributed by atoms with Crippen molar-refractivity contribution in [1.82, 2.24) is 10.3 Å². The number of carbonyl (C=O) groups is 1. The zero-order valence-electron chi connectivity index (χ0n) is 16.2. The van der Waals surface area contributed by atoms with E-state index in [1.165, 1.54) is 0 Å². The van der Waals surface area contributed by atoms with Crippen LogP contribution in [-0.2, 0) is 0 Å². The summed E-state index contributed by atoms with van der Waals surface area (Å²) in [5.41, 5.74) is 3.50. The number of hydrogen-bond acceptors (Lipinski definition) is 5. The van der Waals surface area contributed by atoms with Gasteiger partial charge in [0.25, 0.3) is 5.91 Å². The lowest BCUT2D eigenvalue weighted by atomic mass is 9.75. The van der Waals surface area contributed by atoms with Crippen LogP contribution < -0.4 is 10.1 Å². The van der Waals surface area contributed by atoms with Crippen LogP contribution in [0.3, 0.4) is 0 Å². The molecule has 1 aliphatic carbocycles. The number of pyridine rings is 1. The molecule has 28 heavy (non-hydrogen) atoms. The highest BCUT2D eigenvalue weighted by atomic mass is 16.5. The number of aliphatic hydroxyl groups is 1. The van der Waals surface area contributed by atoms with E-state index in [-0.39, 0.29) is 24.0 Å². The third-order valence-corrected chi connectivity index (χ3v) is 5.53.